The number of carbonyl (C=O) groups is 2. The maximum absolute atomic E-state index is 12.7. The fourth-order valence-corrected chi connectivity index (χ4v) is 2.90. The minimum absolute atomic E-state index is 0.00588. The van der Waals surface area contributed by atoms with Crippen LogP contribution in [0.25, 0.3) is 0 Å². The van der Waals surface area contributed by atoms with E-state index < -0.39 is 42.5 Å². The molecule has 0 aromatic heterocycles. The number of carbonyl (C=O) groups excluding carboxylic acids is 2. The lowest BCUT2D eigenvalue weighted by Crippen LogP contribution is -2.32. The molecule has 0 fully saturated rings. The highest BCUT2D eigenvalue weighted by Crippen LogP contribution is 2.29. The molecule has 186 valence electrons. The summed E-state index contributed by atoms with van der Waals surface area (Å²) >= 11 is 0. The van der Waals surface area contributed by atoms with E-state index in [4.69, 9.17) is 4.74 Å². The fraction of sp³-hybridized carbons (Fsp3) is 0.364. The van der Waals surface area contributed by atoms with E-state index in [1.165, 1.54) is 37.4 Å². The number of benzene rings is 2. The van der Waals surface area contributed by atoms with Gasteiger partial charge >= 0.3 is 18.3 Å². The van der Waals surface area contributed by atoms with Crippen molar-refractivity contribution in [1.29, 1.82) is 0 Å². The summed E-state index contributed by atoms with van der Waals surface area (Å²) in [6.07, 6.45) is -11.0. The van der Waals surface area contributed by atoms with Crippen LogP contribution in [0.3, 0.4) is 0 Å². The molecule has 1 unspecified atom stereocenters. The Hall–Kier alpha value is -3.28. The van der Waals surface area contributed by atoms with E-state index in [0.717, 1.165) is 19.2 Å². The minimum atomic E-state index is -4.66. The van der Waals surface area contributed by atoms with Gasteiger partial charge in [-0.05, 0) is 35.4 Å². The Kier molecular flexibility index (Phi) is 8.91. The summed E-state index contributed by atoms with van der Waals surface area (Å²) in [7, 11) is 2.30. The Bertz CT molecular complexity index is 989. The van der Waals surface area contributed by atoms with Gasteiger partial charge in [-0.2, -0.15) is 26.3 Å². The van der Waals surface area contributed by atoms with Crippen molar-refractivity contribution in [3.8, 4) is 5.75 Å². The molecule has 0 saturated carbocycles. The molecule has 0 radical (unpaired) electrons. The summed E-state index contributed by atoms with van der Waals surface area (Å²) in [5.41, 5.74) is -0.128. The fourth-order valence-electron chi connectivity index (χ4n) is 2.90. The van der Waals surface area contributed by atoms with Crippen LogP contribution < -0.4 is 10.1 Å². The average molecular weight is 493 g/mol. The van der Waals surface area contributed by atoms with Gasteiger partial charge in [0.05, 0.1) is 25.3 Å². The molecule has 0 aliphatic carbocycles. The summed E-state index contributed by atoms with van der Waals surface area (Å²) in [5, 5.41) is 2.54. The van der Waals surface area contributed by atoms with Crippen molar-refractivity contribution in [3.05, 3.63) is 64.7 Å². The van der Waals surface area contributed by atoms with Crippen molar-refractivity contribution in [2.24, 2.45) is 0 Å². The van der Waals surface area contributed by atoms with E-state index in [1.807, 2.05) is 0 Å². The summed E-state index contributed by atoms with van der Waals surface area (Å²) in [6.45, 7) is -1.76. The monoisotopic (exact) mass is 493 g/mol. The molecule has 0 aliphatic rings. The van der Waals surface area contributed by atoms with Crippen molar-refractivity contribution < 1.29 is 50.1 Å². The highest BCUT2D eigenvalue weighted by Gasteiger charge is 2.32. The van der Waals surface area contributed by atoms with Crippen LogP contribution >= 0.6 is 0 Å². The summed E-state index contributed by atoms with van der Waals surface area (Å²) in [5.74, 6) is -1.53. The van der Waals surface area contributed by atoms with Gasteiger partial charge in [-0.25, -0.2) is 4.79 Å². The van der Waals surface area contributed by atoms with Crippen LogP contribution in [0, 0.1) is 0 Å². The topological polar surface area (TPSA) is 73.9 Å². The molecule has 0 spiro atoms. The average Bonchev–Trinajstić information content (AvgIpc) is 2.78. The van der Waals surface area contributed by atoms with Crippen molar-refractivity contribution in [2.75, 3.05) is 20.8 Å². The normalized spacial score (nSPS) is 12.7. The van der Waals surface area contributed by atoms with Crippen LogP contribution in [0.4, 0.5) is 26.3 Å². The molecule has 1 N–H and O–H groups in total. The molecule has 0 bridgehead atoms. The second-order valence-electron chi connectivity index (χ2n) is 7.05. The van der Waals surface area contributed by atoms with Gasteiger partial charge in [0.2, 0.25) is 0 Å². The number of ether oxygens (including phenoxy) is 3. The van der Waals surface area contributed by atoms with Crippen LogP contribution in [0.15, 0.2) is 42.5 Å². The lowest BCUT2D eigenvalue weighted by Gasteiger charge is -2.18. The predicted octanol–water partition coefficient (Wildman–Crippen LogP) is 4.31. The van der Waals surface area contributed by atoms with Gasteiger partial charge < -0.3 is 19.5 Å². The Balaban J connectivity index is 2.15. The summed E-state index contributed by atoms with van der Waals surface area (Å²) in [6, 6.07) is 8.35. The number of hydrogen-bond donors (Lipinski definition) is 1. The first-order chi connectivity index (χ1) is 15.8. The van der Waals surface area contributed by atoms with Gasteiger partial charge in [-0.3, -0.25) is 4.79 Å². The largest absolute Gasteiger partial charge is 0.496 e. The molecule has 0 saturated heterocycles. The minimum Gasteiger partial charge on any atom is -0.496 e. The Morgan fingerprint density at radius 1 is 0.941 bits per heavy atom. The second kappa shape index (κ2) is 11.2. The molecule has 6 nitrogen and oxygen atoms in total. The van der Waals surface area contributed by atoms with Crippen LogP contribution in [0.2, 0.25) is 0 Å². The molecule has 1 atom stereocenters. The maximum atomic E-state index is 12.7. The van der Waals surface area contributed by atoms with Crippen molar-refractivity contribution in [1.82, 2.24) is 5.32 Å². The van der Waals surface area contributed by atoms with E-state index in [0.29, 0.717) is 5.56 Å². The highest BCUT2D eigenvalue weighted by atomic mass is 19.4. The van der Waals surface area contributed by atoms with Gasteiger partial charge in [0, 0.05) is 13.0 Å². The van der Waals surface area contributed by atoms with Gasteiger partial charge in [-0.1, -0.05) is 18.2 Å². The van der Waals surface area contributed by atoms with Crippen LogP contribution in [-0.4, -0.2) is 45.0 Å². The van der Waals surface area contributed by atoms with Gasteiger partial charge in [0.15, 0.2) is 6.10 Å². The molecule has 34 heavy (non-hydrogen) atoms. The first-order valence-electron chi connectivity index (χ1n) is 9.71. The number of amides is 1. The first kappa shape index (κ1) is 27.0. The molecule has 2 aromatic rings. The molecular formula is C22H21F6NO5. The lowest BCUT2D eigenvalue weighted by molar-refractivity contribution is -0.193. The third-order valence-corrected chi connectivity index (χ3v) is 4.58. The maximum Gasteiger partial charge on any atom is 0.416 e. The van der Waals surface area contributed by atoms with Crippen molar-refractivity contribution in [2.45, 2.75) is 31.4 Å². The smallest absolute Gasteiger partial charge is 0.416 e. The number of methoxy groups -OCH3 is 2. The molecule has 2 aromatic carbocycles. The quantitative estimate of drug-likeness (QED) is 0.417. The van der Waals surface area contributed by atoms with E-state index in [1.54, 1.807) is 0 Å². The summed E-state index contributed by atoms with van der Waals surface area (Å²) in [4.78, 5) is 24.5. The number of hydrogen-bond acceptors (Lipinski definition) is 5. The Morgan fingerprint density at radius 3 is 2.09 bits per heavy atom. The second-order valence-corrected chi connectivity index (χ2v) is 7.05. The SMILES string of the molecule is COC(=O)C(Cc1ccc(OC)c(C(=O)NCc2ccc(C(F)(F)F)cc2)c1)OCC(F)(F)F. The molecule has 2 rings (SSSR count). The van der Waals surface area contributed by atoms with Crippen molar-refractivity contribution in [3.63, 3.8) is 0 Å². The molecule has 0 aliphatic heterocycles. The van der Waals surface area contributed by atoms with E-state index in [9.17, 15) is 35.9 Å². The Labute approximate surface area is 190 Å². The van der Waals surface area contributed by atoms with E-state index in [-0.39, 0.29) is 29.8 Å². The van der Waals surface area contributed by atoms with Gasteiger partial charge in [0.25, 0.3) is 5.91 Å². The lowest BCUT2D eigenvalue weighted by atomic mass is 10.0. The number of rotatable bonds is 9. The van der Waals surface area contributed by atoms with Crippen LogP contribution in [-0.2, 0) is 33.4 Å². The zero-order valence-corrected chi connectivity index (χ0v) is 18.0. The van der Waals surface area contributed by atoms with Crippen LogP contribution in [0.5, 0.6) is 5.75 Å². The molecular weight excluding hydrogens is 472 g/mol. The van der Waals surface area contributed by atoms with Gasteiger partial charge in [-0.15, -0.1) is 0 Å². The molecule has 12 heteroatoms. The Morgan fingerprint density at radius 2 is 1.56 bits per heavy atom. The third-order valence-electron chi connectivity index (χ3n) is 4.58. The number of alkyl halides is 6. The van der Waals surface area contributed by atoms with E-state index in [2.05, 4.69) is 14.8 Å². The number of esters is 1. The first-order valence-corrected chi connectivity index (χ1v) is 9.71. The molecule has 0 heterocycles. The third kappa shape index (κ3) is 7.94. The standard InChI is InChI=1S/C22H21F6NO5/c1-32-17-8-5-14(10-18(20(31)33-2)34-12-21(23,24)25)9-16(17)19(30)29-11-13-3-6-15(7-4-13)22(26,27)28/h3-9,18H,10-12H2,1-2H3,(H,29,30). The molecule has 1 amide bonds. The summed E-state index contributed by atoms with van der Waals surface area (Å²) < 4.78 is 89.8. The zero-order valence-electron chi connectivity index (χ0n) is 18.0. The highest BCUT2D eigenvalue weighted by molar-refractivity contribution is 5.97. The zero-order chi connectivity index (χ0) is 25.5. The van der Waals surface area contributed by atoms with Crippen molar-refractivity contribution >= 4 is 11.9 Å². The van der Waals surface area contributed by atoms with E-state index >= 15 is 0 Å². The van der Waals surface area contributed by atoms with Crippen LogP contribution in [0.1, 0.15) is 27.0 Å². The van der Waals surface area contributed by atoms with Gasteiger partial charge in [0.1, 0.15) is 12.4 Å². The number of halogens is 6. The number of nitrogens with one attached hydrogen (secondary N) is 1. The predicted molar refractivity (Wildman–Crippen MR) is 107 cm³/mol.